The van der Waals surface area contributed by atoms with Gasteiger partial charge in [0.2, 0.25) is 0 Å². The molecule has 2 aromatic rings. The molecule has 2 aromatic carbocycles. The van der Waals surface area contributed by atoms with E-state index in [9.17, 15) is 4.79 Å². The van der Waals surface area contributed by atoms with Crippen molar-refractivity contribution in [2.75, 3.05) is 18.5 Å². The Bertz CT molecular complexity index is 815. The van der Waals surface area contributed by atoms with Gasteiger partial charge in [-0.15, -0.1) is 0 Å². The third kappa shape index (κ3) is 3.00. The van der Waals surface area contributed by atoms with Crippen molar-refractivity contribution in [1.29, 1.82) is 0 Å². The fourth-order valence-corrected chi connectivity index (χ4v) is 3.32. The molecule has 0 aliphatic carbocycles. The van der Waals surface area contributed by atoms with E-state index < -0.39 is 5.66 Å². The first kappa shape index (κ1) is 17.1. The van der Waals surface area contributed by atoms with Crippen molar-refractivity contribution in [2.45, 2.75) is 26.4 Å². The molecule has 4 heteroatoms. The lowest BCUT2D eigenvalue weighted by Crippen LogP contribution is -2.55. The molecule has 0 fully saturated rings. The number of rotatable bonds is 5. The minimum atomic E-state index is -0.689. The molecule has 1 amide bonds. The Labute approximate surface area is 149 Å². The van der Waals surface area contributed by atoms with Crippen LogP contribution < -0.4 is 10.1 Å². The first-order chi connectivity index (χ1) is 12.0. The molecule has 4 nitrogen and oxygen atoms in total. The second-order valence-electron chi connectivity index (χ2n) is 6.53. The van der Waals surface area contributed by atoms with E-state index in [0.29, 0.717) is 18.7 Å². The van der Waals surface area contributed by atoms with Gasteiger partial charge in [-0.25, -0.2) is 0 Å². The second-order valence-corrected chi connectivity index (χ2v) is 6.53. The van der Waals surface area contributed by atoms with Crippen LogP contribution in [0, 0.1) is 0 Å². The minimum absolute atomic E-state index is 0.0223. The molecule has 1 aliphatic heterocycles. The molecule has 0 radical (unpaired) electrons. The predicted molar refractivity (Wildman–Crippen MR) is 101 cm³/mol. The summed E-state index contributed by atoms with van der Waals surface area (Å²) < 4.78 is 5.96. The minimum Gasteiger partial charge on any atom is -0.489 e. The van der Waals surface area contributed by atoms with E-state index in [1.165, 1.54) is 0 Å². The Hall–Kier alpha value is -2.75. The number of nitrogens with zero attached hydrogens (tertiary/aromatic N) is 1. The molecule has 0 saturated carbocycles. The maximum Gasteiger partial charge on any atom is 0.258 e. The Morgan fingerprint density at radius 2 is 1.88 bits per heavy atom. The van der Waals surface area contributed by atoms with Crippen molar-refractivity contribution in [3.05, 3.63) is 71.8 Å². The largest absolute Gasteiger partial charge is 0.489 e. The van der Waals surface area contributed by atoms with Crippen LogP contribution in [-0.2, 0) is 5.66 Å². The van der Waals surface area contributed by atoms with Gasteiger partial charge in [-0.3, -0.25) is 4.79 Å². The zero-order valence-electron chi connectivity index (χ0n) is 15.0. The molecule has 0 spiro atoms. The lowest BCUT2D eigenvalue weighted by Gasteiger charge is -2.46. The van der Waals surface area contributed by atoms with Crippen molar-refractivity contribution in [2.24, 2.45) is 0 Å². The molecule has 1 atom stereocenters. The number of amides is 1. The monoisotopic (exact) mass is 336 g/mol. The quantitative estimate of drug-likeness (QED) is 0.823. The van der Waals surface area contributed by atoms with Gasteiger partial charge in [-0.2, -0.15) is 0 Å². The number of ether oxygens (including phenoxy) is 1. The highest BCUT2D eigenvalue weighted by Gasteiger charge is 2.43. The van der Waals surface area contributed by atoms with Gasteiger partial charge in [0, 0.05) is 17.8 Å². The fourth-order valence-electron chi connectivity index (χ4n) is 3.32. The van der Waals surface area contributed by atoms with Crippen LogP contribution in [-0.4, -0.2) is 24.0 Å². The molecule has 3 rings (SSSR count). The Morgan fingerprint density at radius 1 is 1.20 bits per heavy atom. The molecule has 0 aromatic heterocycles. The maximum atomic E-state index is 13.0. The summed E-state index contributed by atoms with van der Waals surface area (Å²) in [5, 5.41) is 3.55. The molecule has 1 unspecified atom stereocenters. The van der Waals surface area contributed by atoms with Gasteiger partial charge in [0.05, 0.1) is 5.56 Å². The van der Waals surface area contributed by atoms with Gasteiger partial charge in [-0.1, -0.05) is 36.9 Å². The number of carbonyl (C=O) groups excluding carboxylic acids is 1. The standard InChI is InChI=1S/C21H24N2O2/c1-5-23-20(24)16-10-6-8-12-18(16)22-21(23,4)17-11-7-9-13-19(17)25-14-15(2)3/h6-13,22H,2,5,14H2,1,3-4H3. The second kappa shape index (κ2) is 6.63. The van der Waals surface area contributed by atoms with Crippen molar-refractivity contribution in [3.63, 3.8) is 0 Å². The molecule has 25 heavy (non-hydrogen) atoms. The number of carbonyl (C=O) groups is 1. The molecular formula is C21H24N2O2. The van der Waals surface area contributed by atoms with Gasteiger partial charge in [0.1, 0.15) is 18.0 Å². The Kier molecular flexibility index (Phi) is 4.53. The van der Waals surface area contributed by atoms with Crippen LogP contribution >= 0.6 is 0 Å². The predicted octanol–water partition coefficient (Wildman–Crippen LogP) is 4.40. The van der Waals surface area contributed by atoms with E-state index in [4.69, 9.17) is 4.74 Å². The highest BCUT2D eigenvalue weighted by atomic mass is 16.5. The van der Waals surface area contributed by atoms with Gasteiger partial charge >= 0.3 is 0 Å². The highest BCUT2D eigenvalue weighted by Crippen LogP contribution is 2.41. The summed E-state index contributed by atoms with van der Waals surface area (Å²) in [6.45, 7) is 10.9. The lowest BCUT2D eigenvalue weighted by atomic mass is 9.93. The van der Waals surface area contributed by atoms with E-state index in [1.54, 1.807) is 0 Å². The van der Waals surface area contributed by atoms with Crippen LogP contribution in [0.1, 0.15) is 36.7 Å². The number of benzene rings is 2. The van der Waals surface area contributed by atoms with Gasteiger partial charge in [0.15, 0.2) is 0 Å². The molecule has 130 valence electrons. The van der Waals surface area contributed by atoms with Crippen LogP contribution in [0.3, 0.4) is 0 Å². The zero-order chi connectivity index (χ0) is 18.0. The van der Waals surface area contributed by atoms with Crippen molar-refractivity contribution in [3.8, 4) is 5.75 Å². The van der Waals surface area contributed by atoms with Crippen LogP contribution in [0.2, 0.25) is 0 Å². The highest BCUT2D eigenvalue weighted by molar-refractivity contribution is 6.02. The third-order valence-corrected chi connectivity index (χ3v) is 4.52. The molecule has 0 bridgehead atoms. The van der Waals surface area contributed by atoms with Gasteiger partial charge < -0.3 is 15.0 Å². The van der Waals surface area contributed by atoms with Crippen molar-refractivity contribution < 1.29 is 9.53 Å². The number of hydrogen-bond acceptors (Lipinski definition) is 3. The summed E-state index contributed by atoms with van der Waals surface area (Å²) in [7, 11) is 0. The third-order valence-electron chi connectivity index (χ3n) is 4.52. The molecule has 1 heterocycles. The summed E-state index contributed by atoms with van der Waals surface area (Å²) in [6, 6.07) is 15.5. The van der Waals surface area contributed by atoms with Crippen LogP contribution in [0.15, 0.2) is 60.7 Å². The van der Waals surface area contributed by atoms with E-state index in [1.807, 2.05) is 74.2 Å². The first-order valence-corrected chi connectivity index (χ1v) is 8.53. The number of hydrogen-bond donors (Lipinski definition) is 1. The van der Waals surface area contributed by atoms with Gasteiger partial charge in [-0.05, 0) is 44.5 Å². The SMILES string of the molecule is C=C(C)COc1ccccc1C1(C)Nc2ccccc2C(=O)N1CC. The van der Waals surface area contributed by atoms with E-state index in [0.717, 1.165) is 22.6 Å². The Morgan fingerprint density at radius 3 is 2.60 bits per heavy atom. The fraction of sp³-hybridized carbons (Fsp3) is 0.286. The molecule has 0 saturated heterocycles. The smallest absolute Gasteiger partial charge is 0.258 e. The normalized spacial score (nSPS) is 19.2. The number of nitrogens with one attached hydrogen (secondary N) is 1. The molecular weight excluding hydrogens is 312 g/mol. The number of para-hydroxylation sites is 2. The van der Waals surface area contributed by atoms with Crippen LogP contribution in [0.25, 0.3) is 0 Å². The summed E-state index contributed by atoms with van der Waals surface area (Å²) in [5.41, 5.74) is 2.73. The van der Waals surface area contributed by atoms with E-state index in [2.05, 4.69) is 11.9 Å². The topological polar surface area (TPSA) is 41.6 Å². The number of fused-ring (bicyclic) bond motifs is 1. The average molecular weight is 336 g/mol. The molecule has 1 N–H and O–H groups in total. The Balaban J connectivity index is 2.09. The molecule has 1 aliphatic rings. The summed E-state index contributed by atoms with van der Waals surface area (Å²) in [6.07, 6.45) is 0. The summed E-state index contributed by atoms with van der Waals surface area (Å²) >= 11 is 0. The lowest BCUT2D eigenvalue weighted by molar-refractivity contribution is 0.0547. The van der Waals surface area contributed by atoms with Crippen LogP contribution in [0.4, 0.5) is 5.69 Å². The number of anilines is 1. The average Bonchev–Trinajstić information content (AvgIpc) is 2.60. The zero-order valence-corrected chi connectivity index (χ0v) is 15.0. The van der Waals surface area contributed by atoms with E-state index >= 15 is 0 Å². The maximum absolute atomic E-state index is 13.0. The summed E-state index contributed by atoms with van der Waals surface area (Å²) in [4.78, 5) is 14.9. The van der Waals surface area contributed by atoms with Crippen LogP contribution in [0.5, 0.6) is 5.75 Å². The first-order valence-electron chi connectivity index (χ1n) is 8.53. The van der Waals surface area contributed by atoms with Crippen molar-refractivity contribution in [1.82, 2.24) is 4.90 Å². The van der Waals surface area contributed by atoms with Crippen molar-refractivity contribution >= 4 is 11.6 Å². The van der Waals surface area contributed by atoms with E-state index in [-0.39, 0.29) is 5.91 Å². The summed E-state index contributed by atoms with van der Waals surface area (Å²) in [5.74, 6) is 0.778. The van der Waals surface area contributed by atoms with Gasteiger partial charge in [0.25, 0.3) is 5.91 Å².